The molecular formula is C19H30ClN3O3. The number of methoxy groups -OCH3 is 1. The van der Waals surface area contributed by atoms with Crippen molar-refractivity contribution < 1.29 is 14.3 Å². The number of halogens is 1. The lowest BCUT2D eigenvalue weighted by molar-refractivity contribution is -0.115. The number of hydrogen-bond acceptors (Lipinski definition) is 4. The summed E-state index contributed by atoms with van der Waals surface area (Å²) in [5.74, 6) is -0.202. The maximum Gasteiger partial charge on any atom is 0.255 e. The Morgan fingerprint density at radius 3 is 2.58 bits per heavy atom. The van der Waals surface area contributed by atoms with E-state index in [1.165, 1.54) is 19.3 Å². The zero-order chi connectivity index (χ0) is 18.1. The number of rotatable bonds is 8. The molecule has 2 rings (SSSR count). The summed E-state index contributed by atoms with van der Waals surface area (Å²) in [6, 6.07) is 7.49. The highest BCUT2D eigenvalue weighted by Crippen LogP contribution is 2.24. The van der Waals surface area contributed by atoms with Crippen LogP contribution in [0.4, 0.5) is 5.69 Å². The molecule has 6 nitrogen and oxygen atoms in total. The van der Waals surface area contributed by atoms with Crippen LogP contribution in [0.2, 0.25) is 0 Å². The summed E-state index contributed by atoms with van der Waals surface area (Å²) in [5, 5.41) is 5.83. The van der Waals surface area contributed by atoms with Crippen molar-refractivity contribution >= 4 is 29.9 Å². The van der Waals surface area contributed by atoms with Crippen molar-refractivity contribution in [3.05, 3.63) is 29.8 Å². The van der Waals surface area contributed by atoms with Gasteiger partial charge in [-0.05, 0) is 25.0 Å². The van der Waals surface area contributed by atoms with Crippen molar-refractivity contribution in [1.29, 1.82) is 0 Å². The Labute approximate surface area is 162 Å². The summed E-state index contributed by atoms with van der Waals surface area (Å²) in [6.07, 6.45) is 5.71. The van der Waals surface area contributed by atoms with Gasteiger partial charge in [-0.15, -0.1) is 12.4 Å². The first-order chi connectivity index (χ1) is 12.1. The molecule has 0 bridgehead atoms. The van der Waals surface area contributed by atoms with Gasteiger partial charge in [0.1, 0.15) is 0 Å². The molecule has 1 fully saturated rings. The zero-order valence-electron chi connectivity index (χ0n) is 15.6. The van der Waals surface area contributed by atoms with Crippen LogP contribution >= 0.6 is 12.4 Å². The second-order valence-corrected chi connectivity index (χ2v) is 6.47. The standard InChI is InChI=1S/C19H29N3O3.ClH/c1-22(15-8-4-3-5-9-15)19(24)16-10-6-7-11-17(16)21-18(23)14-20-12-13-25-2;/h6-7,10-11,15,20H,3-5,8-9,12-14H2,1-2H3,(H,21,23);1H. The highest BCUT2D eigenvalue weighted by Gasteiger charge is 2.24. The zero-order valence-corrected chi connectivity index (χ0v) is 16.4. The molecule has 0 radical (unpaired) electrons. The van der Waals surface area contributed by atoms with Gasteiger partial charge in [0.15, 0.2) is 0 Å². The molecule has 0 aromatic heterocycles. The normalized spacial score (nSPS) is 14.4. The van der Waals surface area contributed by atoms with Gasteiger partial charge in [0.25, 0.3) is 5.91 Å². The minimum atomic E-state index is -0.170. The quantitative estimate of drug-likeness (QED) is 0.677. The topological polar surface area (TPSA) is 70.7 Å². The van der Waals surface area contributed by atoms with E-state index in [1.54, 1.807) is 19.2 Å². The fourth-order valence-electron chi connectivity index (χ4n) is 3.17. The molecule has 1 saturated carbocycles. The Balaban J connectivity index is 0.00000338. The number of carbonyl (C=O) groups is 2. The maximum atomic E-state index is 12.9. The van der Waals surface area contributed by atoms with Crippen LogP contribution in [0.1, 0.15) is 42.5 Å². The highest BCUT2D eigenvalue weighted by molar-refractivity contribution is 6.04. The number of ether oxygens (including phenoxy) is 1. The minimum absolute atomic E-state index is 0. The van der Waals surface area contributed by atoms with E-state index >= 15 is 0 Å². The molecule has 0 atom stereocenters. The lowest BCUT2D eigenvalue weighted by Gasteiger charge is -2.31. The molecule has 2 amide bonds. The van der Waals surface area contributed by atoms with Crippen molar-refractivity contribution in [2.24, 2.45) is 0 Å². The lowest BCUT2D eigenvalue weighted by atomic mass is 9.94. The van der Waals surface area contributed by atoms with E-state index in [2.05, 4.69) is 10.6 Å². The number of benzene rings is 1. The first-order valence-corrected chi connectivity index (χ1v) is 8.99. The summed E-state index contributed by atoms with van der Waals surface area (Å²) in [7, 11) is 3.48. The SMILES string of the molecule is COCCNCC(=O)Nc1ccccc1C(=O)N(C)C1CCCCC1.Cl. The highest BCUT2D eigenvalue weighted by atomic mass is 35.5. The van der Waals surface area contributed by atoms with Gasteiger partial charge in [-0.1, -0.05) is 31.4 Å². The van der Waals surface area contributed by atoms with Crippen LogP contribution in [0.25, 0.3) is 0 Å². The second kappa shape index (κ2) is 11.9. The molecule has 2 N–H and O–H groups in total. The number of nitrogens with zero attached hydrogens (tertiary/aromatic N) is 1. The number of para-hydroxylation sites is 1. The van der Waals surface area contributed by atoms with Gasteiger partial charge in [-0.3, -0.25) is 9.59 Å². The van der Waals surface area contributed by atoms with Crippen molar-refractivity contribution in [1.82, 2.24) is 10.2 Å². The van der Waals surface area contributed by atoms with E-state index < -0.39 is 0 Å². The Hall–Kier alpha value is -1.63. The molecule has 0 aliphatic heterocycles. The summed E-state index contributed by atoms with van der Waals surface area (Å²) in [6.45, 7) is 1.34. The van der Waals surface area contributed by atoms with Gasteiger partial charge >= 0.3 is 0 Å². The van der Waals surface area contributed by atoms with E-state index in [1.807, 2.05) is 24.1 Å². The molecule has 1 aliphatic carbocycles. The predicted octanol–water partition coefficient (Wildman–Crippen LogP) is 2.69. The Morgan fingerprint density at radius 2 is 1.88 bits per heavy atom. The average molecular weight is 384 g/mol. The van der Waals surface area contributed by atoms with Crippen molar-refractivity contribution in [3.8, 4) is 0 Å². The number of amides is 2. The molecule has 1 aromatic rings. The molecule has 7 heteroatoms. The lowest BCUT2D eigenvalue weighted by Crippen LogP contribution is -2.39. The molecular weight excluding hydrogens is 354 g/mol. The van der Waals surface area contributed by atoms with Crippen LogP contribution in [0, 0.1) is 0 Å². The van der Waals surface area contributed by atoms with Crippen molar-refractivity contribution in [2.75, 3.05) is 39.2 Å². The number of hydrogen-bond donors (Lipinski definition) is 2. The van der Waals surface area contributed by atoms with E-state index in [0.717, 1.165) is 12.8 Å². The van der Waals surface area contributed by atoms with Crippen LogP contribution < -0.4 is 10.6 Å². The maximum absolute atomic E-state index is 12.9. The predicted molar refractivity (Wildman–Crippen MR) is 106 cm³/mol. The van der Waals surface area contributed by atoms with Crippen LogP contribution in [0.15, 0.2) is 24.3 Å². The molecule has 146 valence electrons. The summed E-state index contributed by atoms with van der Waals surface area (Å²) < 4.78 is 4.93. The van der Waals surface area contributed by atoms with Gasteiger partial charge in [-0.25, -0.2) is 0 Å². The van der Waals surface area contributed by atoms with E-state index in [-0.39, 0.29) is 30.8 Å². The van der Waals surface area contributed by atoms with E-state index in [0.29, 0.717) is 30.4 Å². The molecule has 0 heterocycles. The minimum Gasteiger partial charge on any atom is -0.383 e. The average Bonchev–Trinajstić information content (AvgIpc) is 2.65. The first-order valence-electron chi connectivity index (χ1n) is 8.99. The summed E-state index contributed by atoms with van der Waals surface area (Å²) in [5.41, 5.74) is 1.11. The van der Waals surface area contributed by atoms with Gasteiger partial charge in [0.05, 0.1) is 24.4 Å². The fourth-order valence-corrected chi connectivity index (χ4v) is 3.17. The van der Waals surface area contributed by atoms with Crippen LogP contribution in [0.3, 0.4) is 0 Å². The third kappa shape index (κ3) is 6.59. The Morgan fingerprint density at radius 1 is 1.19 bits per heavy atom. The van der Waals surface area contributed by atoms with Gasteiger partial charge in [0.2, 0.25) is 5.91 Å². The van der Waals surface area contributed by atoms with Gasteiger partial charge in [-0.2, -0.15) is 0 Å². The third-order valence-corrected chi connectivity index (χ3v) is 4.64. The van der Waals surface area contributed by atoms with Gasteiger partial charge in [0, 0.05) is 26.7 Å². The van der Waals surface area contributed by atoms with Gasteiger partial charge < -0.3 is 20.3 Å². The van der Waals surface area contributed by atoms with Crippen LogP contribution in [-0.2, 0) is 9.53 Å². The van der Waals surface area contributed by atoms with E-state index in [4.69, 9.17) is 4.74 Å². The second-order valence-electron chi connectivity index (χ2n) is 6.47. The molecule has 0 spiro atoms. The number of nitrogens with one attached hydrogen (secondary N) is 2. The fraction of sp³-hybridized carbons (Fsp3) is 0.579. The molecule has 0 saturated heterocycles. The Bertz CT molecular complexity index is 577. The summed E-state index contributed by atoms with van der Waals surface area (Å²) >= 11 is 0. The smallest absolute Gasteiger partial charge is 0.255 e. The molecule has 1 aromatic carbocycles. The monoisotopic (exact) mass is 383 g/mol. The van der Waals surface area contributed by atoms with Crippen LogP contribution in [-0.4, -0.2) is 56.6 Å². The van der Waals surface area contributed by atoms with E-state index in [9.17, 15) is 9.59 Å². The third-order valence-electron chi connectivity index (χ3n) is 4.64. The first kappa shape index (κ1) is 22.4. The molecule has 1 aliphatic rings. The van der Waals surface area contributed by atoms with Crippen molar-refractivity contribution in [2.45, 2.75) is 38.1 Å². The van der Waals surface area contributed by atoms with Crippen LogP contribution in [0.5, 0.6) is 0 Å². The summed E-state index contributed by atoms with van der Waals surface area (Å²) in [4.78, 5) is 26.8. The Kier molecular flexibility index (Phi) is 10.2. The largest absolute Gasteiger partial charge is 0.383 e. The van der Waals surface area contributed by atoms with Crippen molar-refractivity contribution in [3.63, 3.8) is 0 Å². The number of anilines is 1. The molecule has 0 unspecified atom stereocenters. The molecule has 26 heavy (non-hydrogen) atoms. The number of carbonyl (C=O) groups excluding carboxylic acids is 2.